The van der Waals surface area contributed by atoms with Crippen LogP contribution in [0.2, 0.25) is 0 Å². The van der Waals surface area contributed by atoms with E-state index in [1.165, 1.54) is 6.07 Å². The fourth-order valence-electron chi connectivity index (χ4n) is 1.95. The van der Waals surface area contributed by atoms with Crippen molar-refractivity contribution in [2.75, 3.05) is 11.9 Å². The molecule has 1 N–H and O–H groups in total. The zero-order valence-electron chi connectivity index (χ0n) is 11.9. The SMILES string of the molecule is CCCOc1cccc(NCc2cc(C)ccc2F)c1. The Morgan fingerprint density at radius 2 is 2.00 bits per heavy atom. The first kappa shape index (κ1) is 14.4. The van der Waals surface area contributed by atoms with Gasteiger partial charge < -0.3 is 10.1 Å². The number of hydrogen-bond acceptors (Lipinski definition) is 2. The molecule has 0 heterocycles. The highest BCUT2D eigenvalue weighted by atomic mass is 19.1. The monoisotopic (exact) mass is 273 g/mol. The van der Waals surface area contributed by atoms with Crippen LogP contribution in [0.25, 0.3) is 0 Å². The lowest BCUT2D eigenvalue weighted by molar-refractivity contribution is 0.317. The van der Waals surface area contributed by atoms with Gasteiger partial charge in [-0.1, -0.05) is 30.7 Å². The summed E-state index contributed by atoms with van der Waals surface area (Å²) in [5.41, 5.74) is 2.66. The summed E-state index contributed by atoms with van der Waals surface area (Å²) >= 11 is 0. The van der Waals surface area contributed by atoms with Crippen molar-refractivity contribution in [3.63, 3.8) is 0 Å². The van der Waals surface area contributed by atoms with Crippen molar-refractivity contribution in [3.8, 4) is 5.75 Å². The molecule has 0 atom stereocenters. The van der Waals surface area contributed by atoms with Crippen LogP contribution in [0.1, 0.15) is 24.5 Å². The third kappa shape index (κ3) is 3.98. The molecule has 0 aliphatic carbocycles. The molecule has 0 amide bonds. The van der Waals surface area contributed by atoms with Crippen LogP contribution in [-0.4, -0.2) is 6.61 Å². The van der Waals surface area contributed by atoms with Gasteiger partial charge in [-0.25, -0.2) is 4.39 Å². The highest BCUT2D eigenvalue weighted by Crippen LogP contribution is 2.19. The predicted octanol–water partition coefficient (Wildman–Crippen LogP) is 4.54. The van der Waals surface area contributed by atoms with Crippen LogP contribution in [0, 0.1) is 12.7 Å². The quantitative estimate of drug-likeness (QED) is 0.834. The molecule has 20 heavy (non-hydrogen) atoms. The maximum atomic E-state index is 13.7. The molecular weight excluding hydrogens is 253 g/mol. The number of nitrogens with one attached hydrogen (secondary N) is 1. The standard InChI is InChI=1S/C17H20FNO/c1-3-9-20-16-6-4-5-15(11-16)19-12-14-10-13(2)7-8-17(14)18/h4-8,10-11,19H,3,9,12H2,1-2H3. The lowest BCUT2D eigenvalue weighted by atomic mass is 10.1. The number of ether oxygens (including phenoxy) is 1. The van der Waals surface area contributed by atoms with Crippen molar-refractivity contribution in [2.45, 2.75) is 26.8 Å². The van der Waals surface area contributed by atoms with E-state index in [-0.39, 0.29) is 5.82 Å². The summed E-state index contributed by atoms with van der Waals surface area (Å²) < 4.78 is 19.2. The van der Waals surface area contributed by atoms with Gasteiger partial charge in [-0.2, -0.15) is 0 Å². The first-order valence-corrected chi connectivity index (χ1v) is 6.91. The van der Waals surface area contributed by atoms with E-state index >= 15 is 0 Å². The molecule has 0 aromatic heterocycles. The molecule has 0 bridgehead atoms. The number of hydrogen-bond donors (Lipinski definition) is 1. The summed E-state index contributed by atoms with van der Waals surface area (Å²) in [6, 6.07) is 12.9. The average molecular weight is 273 g/mol. The second-order valence-corrected chi connectivity index (χ2v) is 4.82. The second kappa shape index (κ2) is 6.94. The lowest BCUT2D eigenvalue weighted by Crippen LogP contribution is -2.03. The van der Waals surface area contributed by atoms with Crippen LogP contribution in [0.15, 0.2) is 42.5 Å². The van der Waals surface area contributed by atoms with Gasteiger partial charge in [0.1, 0.15) is 11.6 Å². The maximum absolute atomic E-state index is 13.7. The summed E-state index contributed by atoms with van der Waals surface area (Å²) in [5.74, 6) is 0.656. The molecule has 0 spiro atoms. The minimum absolute atomic E-state index is 0.179. The van der Waals surface area contributed by atoms with Gasteiger partial charge in [0.25, 0.3) is 0 Å². The Labute approximate surface area is 119 Å². The average Bonchev–Trinajstić information content (AvgIpc) is 2.46. The molecule has 3 heteroatoms. The van der Waals surface area contributed by atoms with Gasteiger partial charge >= 0.3 is 0 Å². The van der Waals surface area contributed by atoms with Gasteiger partial charge in [0, 0.05) is 23.9 Å². The van der Waals surface area contributed by atoms with E-state index < -0.39 is 0 Å². The minimum atomic E-state index is -0.179. The van der Waals surface area contributed by atoms with E-state index in [4.69, 9.17) is 4.74 Å². The van der Waals surface area contributed by atoms with Crippen LogP contribution >= 0.6 is 0 Å². The Balaban J connectivity index is 2.01. The van der Waals surface area contributed by atoms with Gasteiger partial charge in [0.2, 0.25) is 0 Å². The third-order valence-electron chi connectivity index (χ3n) is 2.99. The molecule has 0 aliphatic rings. The molecule has 0 aliphatic heterocycles. The molecule has 0 saturated carbocycles. The van der Waals surface area contributed by atoms with Crippen LogP contribution in [0.4, 0.5) is 10.1 Å². The van der Waals surface area contributed by atoms with Gasteiger partial charge in [0.15, 0.2) is 0 Å². The first-order chi connectivity index (χ1) is 9.69. The number of anilines is 1. The second-order valence-electron chi connectivity index (χ2n) is 4.82. The van der Waals surface area contributed by atoms with Crippen molar-refractivity contribution in [3.05, 3.63) is 59.4 Å². The molecule has 0 saturated heterocycles. The van der Waals surface area contributed by atoms with E-state index in [1.807, 2.05) is 37.3 Å². The van der Waals surface area contributed by atoms with Gasteiger partial charge in [-0.3, -0.25) is 0 Å². The van der Waals surface area contributed by atoms with Gasteiger partial charge in [-0.05, 0) is 31.5 Å². The van der Waals surface area contributed by atoms with Crippen molar-refractivity contribution in [1.82, 2.24) is 0 Å². The smallest absolute Gasteiger partial charge is 0.128 e. The van der Waals surface area contributed by atoms with E-state index in [1.54, 1.807) is 6.07 Å². The summed E-state index contributed by atoms with van der Waals surface area (Å²) in [7, 11) is 0. The van der Waals surface area contributed by atoms with E-state index in [0.717, 1.165) is 23.4 Å². The summed E-state index contributed by atoms with van der Waals surface area (Å²) in [4.78, 5) is 0. The molecule has 0 unspecified atom stereocenters. The third-order valence-corrected chi connectivity index (χ3v) is 2.99. The molecule has 2 aromatic rings. The topological polar surface area (TPSA) is 21.3 Å². The van der Waals surface area contributed by atoms with Crippen LogP contribution in [-0.2, 0) is 6.54 Å². The fraction of sp³-hybridized carbons (Fsp3) is 0.294. The molecule has 2 rings (SSSR count). The number of aryl methyl sites for hydroxylation is 1. The Morgan fingerprint density at radius 1 is 1.15 bits per heavy atom. The van der Waals surface area contributed by atoms with Crippen LogP contribution in [0.5, 0.6) is 5.75 Å². The lowest BCUT2D eigenvalue weighted by Gasteiger charge is -2.10. The Bertz CT molecular complexity index is 569. The van der Waals surface area contributed by atoms with E-state index in [0.29, 0.717) is 18.7 Å². The summed E-state index contributed by atoms with van der Waals surface area (Å²) in [6.45, 7) is 5.20. The number of benzene rings is 2. The Hall–Kier alpha value is -2.03. The van der Waals surface area contributed by atoms with Crippen LogP contribution in [0.3, 0.4) is 0 Å². The summed E-state index contributed by atoms with van der Waals surface area (Å²) in [5, 5.41) is 3.23. The van der Waals surface area contributed by atoms with Gasteiger partial charge in [0.05, 0.1) is 6.61 Å². The Morgan fingerprint density at radius 3 is 2.80 bits per heavy atom. The van der Waals surface area contributed by atoms with Gasteiger partial charge in [-0.15, -0.1) is 0 Å². The highest BCUT2D eigenvalue weighted by molar-refractivity contribution is 5.48. The fourth-order valence-corrected chi connectivity index (χ4v) is 1.95. The van der Waals surface area contributed by atoms with E-state index in [9.17, 15) is 4.39 Å². The molecule has 106 valence electrons. The Kier molecular flexibility index (Phi) is 4.99. The molecule has 2 aromatic carbocycles. The van der Waals surface area contributed by atoms with Crippen molar-refractivity contribution in [1.29, 1.82) is 0 Å². The zero-order valence-corrected chi connectivity index (χ0v) is 11.9. The molecule has 0 fully saturated rings. The van der Waals surface area contributed by atoms with Crippen molar-refractivity contribution < 1.29 is 9.13 Å². The molecule has 2 nitrogen and oxygen atoms in total. The number of halogens is 1. The number of rotatable bonds is 6. The largest absolute Gasteiger partial charge is 0.494 e. The molecular formula is C17H20FNO. The van der Waals surface area contributed by atoms with E-state index in [2.05, 4.69) is 12.2 Å². The van der Waals surface area contributed by atoms with Crippen LogP contribution < -0.4 is 10.1 Å². The van der Waals surface area contributed by atoms with Crippen molar-refractivity contribution >= 4 is 5.69 Å². The zero-order chi connectivity index (χ0) is 14.4. The normalized spacial score (nSPS) is 10.3. The van der Waals surface area contributed by atoms with Crippen molar-refractivity contribution in [2.24, 2.45) is 0 Å². The summed E-state index contributed by atoms with van der Waals surface area (Å²) in [6.07, 6.45) is 0.978. The minimum Gasteiger partial charge on any atom is -0.494 e. The maximum Gasteiger partial charge on any atom is 0.128 e. The predicted molar refractivity (Wildman–Crippen MR) is 80.7 cm³/mol. The highest BCUT2D eigenvalue weighted by Gasteiger charge is 2.03. The molecule has 0 radical (unpaired) electrons. The first-order valence-electron chi connectivity index (χ1n) is 6.91.